The van der Waals surface area contributed by atoms with Crippen molar-refractivity contribution in [2.24, 2.45) is 0 Å². The molecule has 0 bridgehead atoms. The Balaban J connectivity index is 2.17. The highest BCUT2D eigenvalue weighted by Crippen LogP contribution is 2.12. The number of anilines is 1. The molecule has 0 radical (unpaired) electrons. The summed E-state index contributed by atoms with van der Waals surface area (Å²) in [6, 6.07) is 9.32. The van der Waals surface area contributed by atoms with E-state index < -0.39 is 0 Å². The fourth-order valence-electron chi connectivity index (χ4n) is 1.97. The minimum Gasteiger partial charge on any atom is -0.391 e. The molecule has 0 saturated heterocycles. The second kappa shape index (κ2) is 5.69. The Kier molecular flexibility index (Phi) is 3.99. The highest BCUT2D eigenvalue weighted by atomic mass is 16.3. The Morgan fingerprint density at radius 3 is 2.94 bits per heavy atom. The molecule has 1 aromatic heterocycles. The molecule has 0 spiro atoms. The van der Waals surface area contributed by atoms with Crippen LogP contribution in [0.25, 0.3) is 10.8 Å². The molecule has 1 atom stereocenters. The van der Waals surface area contributed by atoms with Crippen molar-refractivity contribution in [2.45, 2.75) is 25.9 Å². The Labute approximate surface area is 106 Å². The van der Waals surface area contributed by atoms with Gasteiger partial charge in [-0.1, -0.05) is 31.5 Å². The zero-order chi connectivity index (χ0) is 13.0. The van der Waals surface area contributed by atoms with Crippen LogP contribution in [-0.2, 0) is 0 Å². The number of aliphatic hydroxyl groups excluding tert-OH is 1. The van der Waals surface area contributed by atoms with E-state index in [0.29, 0.717) is 17.7 Å². The number of hydrogen-bond donors (Lipinski definition) is 3. The van der Waals surface area contributed by atoms with Gasteiger partial charge in [-0.2, -0.15) is 0 Å². The molecule has 1 aromatic carbocycles. The molecule has 1 heterocycles. The van der Waals surface area contributed by atoms with E-state index in [-0.39, 0.29) is 11.7 Å². The first-order valence-electron chi connectivity index (χ1n) is 6.24. The van der Waals surface area contributed by atoms with Gasteiger partial charge in [0, 0.05) is 11.9 Å². The van der Waals surface area contributed by atoms with Crippen molar-refractivity contribution in [1.82, 2.24) is 4.98 Å². The Morgan fingerprint density at radius 2 is 2.17 bits per heavy atom. The van der Waals surface area contributed by atoms with Gasteiger partial charge in [-0.15, -0.1) is 0 Å². The predicted molar refractivity (Wildman–Crippen MR) is 74.0 cm³/mol. The molecule has 2 aromatic rings. The van der Waals surface area contributed by atoms with E-state index in [9.17, 15) is 9.90 Å². The maximum absolute atomic E-state index is 11.8. The van der Waals surface area contributed by atoms with Crippen LogP contribution in [0.15, 0.2) is 35.1 Å². The Hall–Kier alpha value is -1.81. The summed E-state index contributed by atoms with van der Waals surface area (Å²) in [7, 11) is 0. The predicted octanol–water partition coefficient (Wildman–Crippen LogP) is 2.10. The van der Waals surface area contributed by atoms with Crippen molar-refractivity contribution in [3.8, 4) is 0 Å². The van der Waals surface area contributed by atoms with Gasteiger partial charge in [-0.25, -0.2) is 0 Å². The molecular formula is C14H18N2O2. The lowest BCUT2D eigenvalue weighted by atomic mass is 10.1. The maximum atomic E-state index is 11.8. The van der Waals surface area contributed by atoms with Gasteiger partial charge in [0.15, 0.2) is 0 Å². The summed E-state index contributed by atoms with van der Waals surface area (Å²) in [6.07, 6.45) is 1.31. The first-order chi connectivity index (χ1) is 8.70. The molecule has 0 saturated carbocycles. The van der Waals surface area contributed by atoms with E-state index in [4.69, 9.17) is 0 Å². The van der Waals surface area contributed by atoms with Crippen molar-refractivity contribution in [3.63, 3.8) is 0 Å². The van der Waals surface area contributed by atoms with Crippen molar-refractivity contribution in [3.05, 3.63) is 40.7 Å². The molecular weight excluding hydrogens is 228 g/mol. The van der Waals surface area contributed by atoms with Crippen LogP contribution in [0.2, 0.25) is 0 Å². The number of aliphatic hydroxyl groups is 1. The van der Waals surface area contributed by atoms with Crippen LogP contribution < -0.4 is 10.9 Å². The fourth-order valence-corrected chi connectivity index (χ4v) is 1.97. The second-order valence-electron chi connectivity index (χ2n) is 4.42. The van der Waals surface area contributed by atoms with Crippen LogP contribution in [0, 0.1) is 0 Å². The van der Waals surface area contributed by atoms with E-state index in [1.807, 2.05) is 31.2 Å². The van der Waals surface area contributed by atoms with Crippen LogP contribution in [0.5, 0.6) is 0 Å². The molecule has 0 aliphatic heterocycles. The molecule has 96 valence electrons. The minimum absolute atomic E-state index is 0.111. The first kappa shape index (κ1) is 12.6. The smallest absolute Gasteiger partial charge is 0.257 e. The molecule has 0 aliphatic carbocycles. The third kappa shape index (κ3) is 2.90. The van der Waals surface area contributed by atoms with Crippen LogP contribution in [0.1, 0.15) is 19.8 Å². The molecule has 3 N–H and O–H groups in total. The summed E-state index contributed by atoms with van der Waals surface area (Å²) in [5.41, 5.74) is -0.111. The number of hydrogen-bond acceptors (Lipinski definition) is 3. The fraction of sp³-hybridized carbons (Fsp3) is 0.357. The lowest BCUT2D eigenvalue weighted by Gasteiger charge is -2.12. The largest absolute Gasteiger partial charge is 0.391 e. The average molecular weight is 246 g/mol. The first-order valence-corrected chi connectivity index (χ1v) is 6.24. The standard InChI is InChI=1S/C14H18N2O2/c1-2-5-11(17)9-15-13-8-10-6-3-4-7-12(10)14(18)16-13/h3-4,6-8,11,17H,2,5,9H2,1H3,(H2,15,16,18). The van der Waals surface area contributed by atoms with E-state index in [0.717, 1.165) is 18.2 Å². The highest BCUT2D eigenvalue weighted by molar-refractivity contribution is 5.83. The summed E-state index contributed by atoms with van der Waals surface area (Å²) in [6.45, 7) is 2.48. The van der Waals surface area contributed by atoms with Gasteiger partial charge < -0.3 is 15.4 Å². The topological polar surface area (TPSA) is 65.1 Å². The van der Waals surface area contributed by atoms with Crippen LogP contribution in [0.3, 0.4) is 0 Å². The summed E-state index contributed by atoms with van der Waals surface area (Å²) >= 11 is 0. The lowest BCUT2D eigenvalue weighted by Crippen LogP contribution is -2.21. The average Bonchev–Trinajstić information content (AvgIpc) is 2.37. The van der Waals surface area contributed by atoms with Gasteiger partial charge in [0.25, 0.3) is 5.56 Å². The van der Waals surface area contributed by atoms with E-state index in [1.165, 1.54) is 0 Å². The third-order valence-electron chi connectivity index (χ3n) is 2.90. The highest BCUT2D eigenvalue weighted by Gasteiger charge is 2.04. The van der Waals surface area contributed by atoms with Gasteiger partial charge >= 0.3 is 0 Å². The van der Waals surface area contributed by atoms with Crippen LogP contribution >= 0.6 is 0 Å². The number of nitrogens with one attached hydrogen (secondary N) is 2. The minimum atomic E-state index is -0.384. The molecule has 0 amide bonds. The summed E-state index contributed by atoms with van der Waals surface area (Å²) in [4.78, 5) is 14.6. The molecule has 18 heavy (non-hydrogen) atoms. The summed E-state index contributed by atoms with van der Waals surface area (Å²) in [5, 5.41) is 14.3. The maximum Gasteiger partial charge on any atom is 0.257 e. The number of H-pyrrole nitrogens is 1. The van der Waals surface area contributed by atoms with Crippen molar-refractivity contribution >= 4 is 16.6 Å². The van der Waals surface area contributed by atoms with E-state index >= 15 is 0 Å². The number of benzene rings is 1. The van der Waals surface area contributed by atoms with Gasteiger partial charge in [0.05, 0.1) is 6.10 Å². The van der Waals surface area contributed by atoms with Gasteiger partial charge in [-0.3, -0.25) is 4.79 Å². The van der Waals surface area contributed by atoms with E-state index in [2.05, 4.69) is 10.3 Å². The monoisotopic (exact) mass is 246 g/mol. The lowest BCUT2D eigenvalue weighted by molar-refractivity contribution is 0.176. The quantitative estimate of drug-likeness (QED) is 0.757. The number of aromatic amines is 1. The Morgan fingerprint density at radius 1 is 1.39 bits per heavy atom. The number of pyridine rings is 1. The second-order valence-corrected chi connectivity index (χ2v) is 4.42. The zero-order valence-corrected chi connectivity index (χ0v) is 10.4. The van der Waals surface area contributed by atoms with Gasteiger partial charge in [0.1, 0.15) is 5.82 Å². The van der Waals surface area contributed by atoms with Crippen LogP contribution in [0.4, 0.5) is 5.82 Å². The molecule has 1 unspecified atom stereocenters. The van der Waals surface area contributed by atoms with Gasteiger partial charge in [0.2, 0.25) is 0 Å². The number of aromatic nitrogens is 1. The SMILES string of the molecule is CCCC(O)CNc1cc2ccccc2c(=O)[nH]1. The van der Waals surface area contributed by atoms with Crippen molar-refractivity contribution < 1.29 is 5.11 Å². The Bertz CT molecular complexity index is 577. The number of rotatable bonds is 5. The van der Waals surface area contributed by atoms with Crippen molar-refractivity contribution in [1.29, 1.82) is 0 Å². The van der Waals surface area contributed by atoms with E-state index in [1.54, 1.807) is 6.07 Å². The normalized spacial score (nSPS) is 12.6. The zero-order valence-electron chi connectivity index (χ0n) is 10.4. The molecule has 4 heteroatoms. The van der Waals surface area contributed by atoms with Gasteiger partial charge in [-0.05, 0) is 23.9 Å². The molecule has 0 fully saturated rings. The van der Waals surface area contributed by atoms with Crippen molar-refractivity contribution in [2.75, 3.05) is 11.9 Å². The summed E-state index contributed by atoms with van der Waals surface area (Å²) in [5.74, 6) is 0.647. The molecule has 4 nitrogen and oxygen atoms in total. The summed E-state index contributed by atoms with van der Waals surface area (Å²) < 4.78 is 0. The third-order valence-corrected chi connectivity index (χ3v) is 2.90. The van der Waals surface area contributed by atoms with Crippen LogP contribution in [-0.4, -0.2) is 22.7 Å². The number of fused-ring (bicyclic) bond motifs is 1. The molecule has 0 aliphatic rings. The molecule has 2 rings (SSSR count).